The van der Waals surface area contributed by atoms with Crippen LogP contribution in [0.15, 0.2) is 42.5 Å². The lowest BCUT2D eigenvalue weighted by atomic mass is 10.1. The van der Waals surface area contributed by atoms with Crippen LogP contribution in [0.3, 0.4) is 0 Å². The molecule has 2 aromatic carbocycles. The van der Waals surface area contributed by atoms with Crippen LogP contribution in [-0.4, -0.2) is 35.4 Å². The number of carbonyl (C=O) groups is 2. The zero-order valence-electron chi connectivity index (χ0n) is 17.7. The van der Waals surface area contributed by atoms with Crippen LogP contribution < -0.4 is 10.1 Å². The van der Waals surface area contributed by atoms with Crippen LogP contribution in [0, 0.1) is 6.92 Å². The fourth-order valence-corrected chi connectivity index (χ4v) is 3.32. The van der Waals surface area contributed by atoms with Gasteiger partial charge in [-0.15, -0.1) is 0 Å². The lowest BCUT2D eigenvalue weighted by Crippen LogP contribution is -2.51. The molecule has 5 nitrogen and oxygen atoms in total. The predicted octanol–water partition coefficient (Wildman–Crippen LogP) is 5.01. The molecule has 2 rings (SSSR count). The molecule has 1 N–H and O–H groups in total. The highest BCUT2D eigenvalue weighted by Gasteiger charge is 2.29. The third-order valence-corrected chi connectivity index (χ3v) is 5.28. The summed E-state index contributed by atoms with van der Waals surface area (Å²) in [6, 6.07) is 12.0. The first-order valence-corrected chi connectivity index (χ1v) is 10.7. The van der Waals surface area contributed by atoms with Gasteiger partial charge in [0.25, 0.3) is 5.91 Å². The highest BCUT2D eigenvalue weighted by molar-refractivity contribution is 6.42. The first-order chi connectivity index (χ1) is 14.2. The minimum absolute atomic E-state index is 0.0303. The molecule has 30 heavy (non-hydrogen) atoms. The van der Waals surface area contributed by atoms with Crippen molar-refractivity contribution in [1.29, 1.82) is 0 Å². The maximum absolute atomic E-state index is 13.1. The van der Waals surface area contributed by atoms with Crippen LogP contribution in [0.5, 0.6) is 5.75 Å². The largest absolute Gasteiger partial charge is 0.484 e. The number of rotatable bonds is 9. The van der Waals surface area contributed by atoms with Crippen molar-refractivity contribution < 1.29 is 14.3 Å². The van der Waals surface area contributed by atoms with E-state index in [1.807, 2.05) is 52.0 Å². The van der Waals surface area contributed by atoms with Crippen molar-refractivity contribution in [3.05, 3.63) is 63.6 Å². The summed E-state index contributed by atoms with van der Waals surface area (Å²) < 4.78 is 5.67. The second-order valence-corrected chi connectivity index (χ2v) is 8.27. The van der Waals surface area contributed by atoms with E-state index >= 15 is 0 Å². The average Bonchev–Trinajstić information content (AvgIpc) is 2.69. The van der Waals surface area contributed by atoms with Gasteiger partial charge < -0.3 is 15.0 Å². The van der Waals surface area contributed by atoms with Gasteiger partial charge in [0.2, 0.25) is 5.91 Å². The van der Waals surface area contributed by atoms with Gasteiger partial charge in [0.15, 0.2) is 6.61 Å². The molecular weight excluding hydrogens is 423 g/mol. The van der Waals surface area contributed by atoms with Crippen molar-refractivity contribution >= 4 is 35.0 Å². The van der Waals surface area contributed by atoms with Gasteiger partial charge in [0.05, 0.1) is 10.0 Å². The number of benzene rings is 2. The Morgan fingerprint density at radius 2 is 1.73 bits per heavy atom. The number of hydrogen-bond acceptors (Lipinski definition) is 3. The smallest absolute Gasteiger partial charge is 0.261 e. The molecule has 0 aliphatic carbocycles. The summed E-state index contributed by atoms with van der Waals surface area (Å²) >= 11 is 12.1. The molecule has 0 aromatic heterocycles. The number of hydrogen-bond donors (Lipinski definition) is 1. The van der Waals surface area contributed by atoms with E-state index in [-0.39, 0.29) is 31.0 Å². The molecule has 2 aromatic rings. The summed E-state index contributed by atoms with van der Waals surface area (Å²) in [6.07, 6.45) is 0.468. The quantitative estimate of drug-likeness (QED) is 0.583. The van der Waals surface area contributed by atoms with E-state index in [0.717, 1.165) is 11.1 Å². The summed E-state index contributed by atoms with van der Waals surface area (Å²) in [6.45, 7) is 7.67. The Hall–Kier alpha value is -2.24. The highest BCUT2D eigenvalue weighted by atomic mass is 35.5. The van der Waals surface area contributed by atoms with Crippen LogP contribution in [0.2, 0.25) is 10.0 Å². The maximum Gasteiger partial charge on any atom is 0.261 e. The number of carbonyl (C=O) groups excluding carboxylic acids is 2. The number of ether oxygens (including phenoxy) is 1. The number of nitrogens with zero attached hydrogens (tertiary/aromatic N) is 1. The Kier molecular flexibility index (Phi) is 9.00. The van der Waals surface area contributed by atoms with Crippen LogP contribution in [0.25, 0.3) is 0 Å². The molecule has 2 amide bonds. The van der Waals surface area contributed by atoms with Crippen LogP contribution in [-0.2, 0) is 16.1 Å². The minimum atomic E-state index is -0.629. The Bertz CT molecular complexity index is 869. The Morgan fingerprint density at radius 1 is 1.07 bits per heavy atom. The Labute approximate surface area is 188 Å². The van der Waals surface area contributed by atoms with Gasteiger partial charge in [-0.2, -0.15) is 0 Å². The van der Waals surface area contributed by atoms with E-state index < -0.39 is 6.04 Å². The molecule has 0 bridgehead atoms. The van der Waals surface area contributed by atoms with Crippen LogP contribution in [0.4, 0.5) is 0 Å². The first kappa shape index (κ1) is 24.0. The van der Waals surface area contributed by atoms with Gasteiger partial charge >= 0.3 is 0 Å². The molecule has 0 heterocycles. The van der Waals surface area contributed by atoms with Gasteiger partial charge in [0, 0.05) is 12.6 Å². The summed E-state index contributed by atoms with van der Waals surface area (Å²) in [5.74, 6) is 0.117. The third kappa shape index (κ3) is 6.92. The predicted molar refractivity (Wildman–Crippen MR) is 121 cm³/mol. The molecule has 7 heteroatoms. The molecule has 0 fully saturated rings. The second kappa shape index (κ2) is 11.2. The lowest BCUT2D eigenvalue weighted by molar-refractivity contribution is -0.143. The van der Waals surface area contributed by atoms with Gasteiger partial charge in [-0.05, 0) is 57.0 Å². The van der Waals surface area contributed by atoms with E-state index in [1.165, 1.54) is 4.90 Å². The molecule has 0 aliphatic heterocycles. The van der Waals surface area contributed by atoms with E-state index in [1.54, 1.807) is 18.2 Å². The first-order valence-electron chi connectivity index (χ1n) is 9.94. The summed E-state index contributed by atoms with van der Waals surface area (Å²) in [5, 5.41) is 3.73. The zero-order chi connectivity index (χ0) is 22.3. The SMILES string of the molecule is CCC(C(=O)NC(C)C)N(Cc1ccc(Cl)c(Cl)c1)C(=O)COc1ccc(C)cc1. The molecule has 1 unspecified atom stereocenters. The van der Waals surface area contributed by atoms with Crippen molar-refractivity contribution in [2.45, 2.75) is 52.7 Å². The van der Waals surface area contributed by atoms with Gasteiger partial charge in [-0.1, -0.05) is 53.9 Å². The van der Waals surface area contributed by atoms with E-state index in [4.69, 9.17) is 27.9 Å². The second-order valence-electron chi connectivity index (χ2n) is 7.46. The fourth-order valence-electron chi connectivity index (χ4n) is 3.00. The third-order valence-electron chi connectivity index (χ3n) is 4.54. The summed E-state index contributed by atoms with van der Waals surface area (Å²) in [7, 11) is 0. The number of nitrogens with one attached hydrogen (secondary N) is 1. The summed E-state index contributed by atoms with van der Waals surface area (Å²) in [5.41, 5.74) is 1.88. The number of amides is 2. The zero-order valence-corrected chi connectivity index (χ0v) is 19.3. The Morgan fingerprint density at radius 3 is 2.30 bits per heavy atom. The van der Waals surface area contributed by atoms with Crippen molar-refractivity contribution in [1.82, 2.24) is 10.2 Å². The van der Waals surface area contributed by atoms with E-state index in [2.05, 4.69) is 5.32 Å². The van der Waals surface area contributed by atoms with Crippen LogP contribution in [0.1, 0.15) is 38.3 Å². The van der Waals surface area contributed by atoms with Crippen LogP contribution >= 0.6 is 23.2 Å². The molecule has 0 aliphatic rings. The van der Waals surface area contributed by atoms with Crippen molar-refractivity contribution in [3.8, 4) is 5.75 Å². The number of halogens is 2. The molecule has 1 atom stereocenters. The number of aryl methyl sites for hydroxylation is 1. The minimum Gasteiger partial charge on any atom is -0.484 e. The fraction of sp³-hybridized carbons (Fsp3) is 0.391. The van der Waals surface area contributed by atoms with E-state index in [9.17, 15) is 9.59 Å². The van der Waals surface area contributed by atoms with Gasteiger partial charge in [-0.3, -0.25) is 9.59 Å². The van der Waals surface area contributed by atoms with Crippen molar-refractivity contribution in [3.63, 3.8) is 0 Å². The molecule has 0 saturated heterocycles. The van der Waals surface area contributed by atoms with Gasteiger partial charge in [0.1, 0.15) is 11.8 Å². The normalized spacial score (nSPS) is 11.8. The monoisotopic (exact) mass is 450 g/mol. The standard InChI is InChI=1S/C23H28Cl2N2O3/c1-5-21(23(29)26-15(2)3)27(13-17-8-11-19(24)20(25)12-17)22(28)14-30-18-9-6-16(4)7-10-18/h6-12,15,21H,5,13-14H2,1-4H3,(H,26,29). The maximum atomic E-state index is 13.1. The molecule has 0 saturated carbocycles. The molecular formula is C23H28Cl2N2O3. The van der Waals surface area contributed by atoms with Crippen molar-refractivity contribution in [2.24, 2.45) is 0 Å². The van der Waals surface area contributed by atoms with Crippen molar-refractivity contribution in [2.75, 3.05) is 6.61 Å². The van der Waals surface area contributed by atoms with Gasteiger partial charge in [-0.25, -0.2) is 0 Å². The Balaban J connectivity index is 2.23. The molecule has 0 spiro atoms. The lowest BCUT2D eigenvalue weighted by Gasteiger charge is -2.31. The summed E-state index contributed by atoms with van der Waals surface area (Å²) in [4.78, 5) is 27.4. The average molecular weight is 451 g/mol. The highest BCUT2D eigenvalue weighted by Crippen LogP contribution is 2.24. The topological polar surface area (TPSA) is 58.6 Å². The van der Waals surface area contributed by atoms with E-state index in [0.29, 0.717) is 22.2 Å². The molecule has 162 valence electrons. The molecule has 0 radical (unpaired) electrons.